The standard InChI is InChI=1S/C8H13NO2/c1-9(2)5-7-3-4-8(6-10)11-7/h3,6,8H,4-5H2,1-2H3. The molecule has 1 aliphatic heterocycles. The predicted molar refractivity (Wildman–Crippen MR) is 42.2 cm³/mol. The summed E-state index contributed by atoms with van der Waals surface area (Å²) in [6.07, 6.45) is 3.32. The Bertz CT molecular complexity index is 175. The fourth-order valence-corrected chi connectivity index (χ4v) is 1.04. The second-order valence-electron chi connectivity index (χ2n) is 2.94. The molecule has 11 heavy (non-hydrogen) atoms. The summed E-state index contributed by atoms with van der Waals surface area (Å²) in [5.74, 6) is 0.909. The lowest BCUT2D eigenvalue weighted by Gasteiger charge is -2.11. The molecule has 0 aromatic heterocycles. The van der Waals surface area contributed by atoms with Gasteiger partial charge in [-0.25, -0.2) is 0 Å². The highest BCUT2D eigenvalue weighted by Crippen LogP contribution is 2.15. The van der Waals surface area contributed by atoms with Crippen LogP contribution >= 0.6 is 0 Å². The van der Waals surface area contributed by atoms with Gasteiger partial charge in [-0.1, -0.05) is 0 Å². The number of likely N-dealkylation sites (N-methyl/N-ethyl adjacent to an activating group) is 1. The second-order valence-corrected chi connectivity index (χ2v) is 2.94. The number of rotatable bonds is 3. The van der Waals surface area contributed by atoms with Gasteiger partial charge in [0.2, 0.25) is 0 Å². The molecule has 0 bridgehead atoms. The number of ether oxygens (including phenoxy) is 1. The van der Waals surface area contributed by atoms with Crippen molar-refractivity contribution < 1.29 is 9.53 Å². The van der Waals surface area contributed by atoms with Crippen molar-refractivity contribution in [3.8, 4) is 0 Å². The average Bonchev–Trinajstić information content (AvgIpc) is 2.34. The number of hydrogen-bond acceptors (Lipinski definition) is 3. The van der Waals surface area contributed by atoms with E-state index in [4.69, 9.17) is 4.74 Å². The number of nitrogens with zero attached hydrogens (tertiary/aromatic N) is 1. The highest BCUT2D eigenvalue weighted by molar-refractivity contribution is 5.57. The molecule has 62 valence electrons. The maximum absolute atomic E-state index is 10.3. The Hall–Kier alpha value is -0.830. The molecule has 3 nitrogen and oxygen atoms in total. The van der Waals surface area contributed by atoms with Crippen LogP contribution in [0, 0.1) is 0 Å². The van der Waals surface area contributed by atoms with Crippen LogP contribution in [0.3, 0.4) is 0 Å². The first kappa shape index (κ1) is 8.27. The van der Waals surface area contributed by atoms with Crippen LogP contribution < -0.4 is 0 Å². The van der Waals surface area contributed by atoms with Gasteiger partial charge in [-0.15, -0.1) is 0 Å². The summed E-state index contributed by atoms with van der Waals surface area (Å²) in [6, 6.07) is 0. The van der Waals surface area contributed by atoms with Crippen LogP contribution in [0.2, 0.25) is 0 Å². The molecule has 1 rings (SSSR count). The molecule has 1 heterocycles. The monoisotopic (exact) mass is 155 g/mol. The van der Waals surface area contributed by atoms with Crippen LogP contribution in [0.15, 0.2) is 11.8 Å². The van der Waals surface area contributed by atoms with E-state index in [9.17, 15) is 4.79 Å². The maximum Gasteiger partial charge on any atom is 0.160 e. The molecule has 0 fully saturated rings. The number of carbonyl (C=O) groups is 1. The smallest absolute Gasteiger partial charge is 0.160 e. The van der Waals surface area contributed by atoms with E-state index in [1.165, 1.54) is 0 Å². The van der Waals surface area contributed by atoms with E-state index >= 15 is 0 Å². The van der Waals surface area contributed by atoms with Crippen molar-refractivity contribution >= 4 is 6.29 Å². The van der Waals surface area contributed by atoms with Gasteiger partial charge in [-0.2, -0.15) is 0 Å². The minimum atomic E-state index is -0.232. The normalized spacial score (nSPS) is 23.2. The maximum atomic E-state index is 10.3. The van der Waals surface area contributed by atoms with E-state index in [1.807, 2.05) is 25.1 Å². The number of aldehydes is 1. The molecular formula is C8H13NO2. The largest absolute Gasteiger partial charge is 0.486 e. The lowest BCUT2D eigenvalue weighted by molar-refractivity contribution is -0.115. The molecule has 0 amide bonds. The molecular weight excluding hydrogens is 142 g/mol. The molecule has 3 heteroatoms. The van der Waals surface area contributed by atoms with Gasteiger partial charge in [0.1, 0.15) is 5.76 Å². The average molecular weight is 155 g/mol. The van der Waals surface area contributed by atoms with Crippen LogP contribution in [-0.4, -0.2) is 37.9 Å². The van der Waals surface area contributed by atoms with Gasteiger partial charge in [0.15, 0.2) is 12.4 Å². The van der Waals surface area contributed by atoms with Gasteiger partial charge in [-0.05, 0) is 20.2 Å². The fraction of sp³-hybridized carbons (Fsp3) is 0.625. The minimum absolute atomic E-state index is 0.232. The molecule has 1 aliphatic rings. The third-order valence-corrected chi connectivity index (χ3v) is 1.50. The van der Waals surface area contributed by atoms with Crippen molar-refractivity contribution in [2.75, 3.05) is 20.6 Å². The van der Waals surface area contributed by atoms with E-state index in [0.717, 1.165) is 25.0 Å². The number of hydrogen-bond donors (Lipinski definition) is 0. The molecule has 1 unspecified atom stereocenters. The second kappa shape index (κ2) is 3.53. The molecule has 0 saturated heterocycles. The van der Waals surface area contributed by atoms with E-state index in [2.05, 4.69) is 0 Å². The Morgan fingerprint density at radius 2 is 2.55 bits per heavy atom. The Morgan fingerprint density at radius 1 is 1.82 bits per heavy atom. The molecule has 1 atom stereocenters. The molecule has 0 saturated carbocycles. The van der Waals surface area contributed by atoms with Crippen molar-refractivity contribution in [3.63, 3.8) is 0 Å². The zero-order chi connectivity index (χ0) is 8.27. The zero-order valence-corrected chi connectivity index (χ0v) is 6.91. The summed E-state index contributed by atoms with van der Waals surface area (Å²) in [4.78, 5) is 12.3. The first-order valence-corrected chi connectivity index (χ1v) is 3.68. The highest BCUT2D eigenvalue weighted by atomic mass is 16.5. The van der Waals surface area contributed by atoms with Gasteiger partial charge >= 0.3 is 0 Å². The Labute approximate surface area is 66.6 Å². The van der Waals surface area contributed by atoms with E-state index in [1.54, 1.807) is 0 Å². The molecule has 0 spiro atoms. The molecule has 0 aliphatic carbocycles. The van der Waals surface area contributed by atoms with Crippen molar-refractivity contribution in [3.05, 3.63) is 11.8 Å². The van der Waals surface area contributed by atoms with Crippen LogP contribution in [0.5, 0.6) is 0 Å². The summed E-state index contributed by atoms with van der Waals surface area (Å²) in [5, 5.41) is 0. The van der Waals surface area contributed by atoms with Crippen LogP contribution in [-0.2, 0) is 9.53 Å². The molecule has 0 aromatic rings. The first-order chi connectivity index (χ1) is 5.22. The lowest BCUT2D eigenvalue weighted by Crippen LogP contribution is -2.17. The molecule has 0 aromatic carbocycles. The molecule has 0 radical (unpaired) electrons. The topological polar surface area (TPSA) is 29.5 Å². The third kappa shape index (κ3) is 2.35. The zero-order valence-electron chi connectivity index (χ0n) is 6.91. The van der Waals surface area contributed by atoms with Crippen LogP contribution in [0.4, 0.5) is 0 Å². The predicted octanol–water partition coefficient (Wildman–Crippen LogP) is 0.420. The third-order valence-electron chi connectivity index (χ3n) is 1.50. The van der Waals surface area contributed by atoms with Gasteiger partial charge in [0.05, 0.1) is 6.54 Å². The summed E-state index contributed by atoms with van der Waals surface area (Å²) >= 11 is 0. The van der Waals surface area contributed by atoms with Gasteiger partial charge < -0.3 is 9.64 Å². The van der Waals surface area contributed by atoms with Crippen LogP contribution in [0.1, 0.15) is 6.42 Å². The summed E-state index contributed by atoms with van der Waals surface area (Å²) in [7, 11) is 3.94. The van der Waals surface area contributed by atoms with Crippen molar-refractivity contribution in [2.24, 2.45) is 0 Å². The number of carbonyl (C=O) groups excluding carboxylic acids is 1. The lowest BCUT2D eigenvalue weighted by atomic mass is 10.3. The summed E-state index contributed by atoms with van der Waals surface area (Å²) < 4.78 is 5.27. The minimum Gasteiger partial charge on any atom is -0.486 e. The van der Waals surface area contributed by atoms with Crippen molar-refractivity contribution in [1.82, 2.24) is 4.90 Å². The SMILES string of the molecule is CN(C)CC1=CCC(C=O)O1. The van der Waals surface area contributed by atoms with E-state index < -0.39 is 0 Å². The summed E-state index contributed by atoms with van der Waals surface area (Å²) in [6.45, 7) is 0.782. The van der Waals surface area contributed by atoms with Crippen molar-refractivity contribution in [2.45, 2.75) is 12.5 Å². The molecule has 0 N–H and O–H groups in total. The van der Waals surface area contributed by atoms with E-state index in [-0.39, 0.29) is 6.10 Å². The van der Waals surface area contributed by atoms with Gasteiger partial charge in [0, 0.05) is 6.42 Å². The van der Waals surface area contributed by atoms with Gasteiger partial charge in [-0.3, -0.25) is 4.79 Å². The van der Waals surface area contributed by atoms with Gasteiger partial charge in [0.25, 0.3) is 0 Å². The summed E-state index contributed by atoms with van der Waals surface area (Å²) in [5.41, 5.74) is 0. The Kier molecular flexibility index (Phi) is 2.65. The van der Waals surface area contributed by atoms with E-state index in [0.29, 0.717) is 0 Å². The Balaban J connectivity index is 2.34. The quantitative estimate of drug-likeness (QED) is 0.553. The Morgan fingerprint density at radius 3 is 3.00 bits per heavy atom. The fourth-order valence-electron chi connectivity index (χ4n) is 1.04. The van der Waals surface area contributed by atoms with Crippen molar-refractivity contribution in [1.29, 1.82) is 0 Å². The van der Waals surface area contributed by atoms with Crippen LogP contribution in [0.25, 0.3) is 0 Å². The first-order valence-electron chi connectivity index (χ1n) is 3.68. The highest BCUT2D eigenvalue weighted by Gasteiger charge is 2.16.